The molecule has 3 heteroatoms. The molecule has 0 saturated heterocycles. The van der Waals surface area contributed by atoms with E-state index in [0.29, 0.717) is 0 Å². The highest BCUT2D eigenvalue weighted by molar-refractivity contribution is 4.40. The Morgan fingerprint density at radius 3 is 2.00 bits per heavy atom. The highest BCUT2D eigenvalue weighted by Crippen LogP contribution is 1.97. The zero-order valence-electron chi connectivity index (χ0n) is 3.86. The zero-order chi connectivity index (χ0) is 5.21. The van der Waals surface area contributed by atoms with Crippen LogP contribution in [0.4, 0.5) is 4.39 Å². The number of hydrogen-bond acceptors (Lipinski definition) is 2. The van der Waals surface area contributed by atoms with Crippen LogP contribution >= 0.6 is 0 Å². The average molecular weight is 93.1 g/mol. The molecule has 1 unspecified atom stereocenters. The minimum Gasteiger partial charge on any atom is -0.338 e. The molecule has 0 aromatic rings. The molecule has 0 aromatic carbocycles. The number of hydrogen-bond donors (Lipinski definition) is 1. The Morgan fingerprint density at radius 1 is 1.83 bits per heavy atom. The van der Waals surface area contributed by atoms with Crippen LogP contribution in [-0.2, 0) is 4.74 Å². The summed E-state index contributed by atoms with van der Waals surface area (Å²) in [6, 6.07) is 0. The molecule has 0 aliphatic carbocycles. The van der Waals surface area contributed by atoms with E-state index in [1.807, 2.05) is 0 Å². The number of rotatable bonds is 1. The van der Waals surface area contributed by atoms with Gasteiger partial charge in [0, 0.05) is 14.0 Å². The number of methoxy groups -OCH3 is 1. The number of halogens is 1. The molecular weight excluding hydrogens is 85.0 g/mol. The van der Waals surface area contributed by atoms with Crippen molar-refractivity contribution in [2.75, 3.05) is 7.11 Å². The second-order valence-electron chi connectivity index (χ2n) is 1.19. The number of ether oxygens (including phenoxy) is 1. The van der Waals surface area contributed by atoms with E-state index in [2.05, 4.69) is 10.5 Å². The minimum absolute atomic E-state index is 1.13. The summed E-state index contributed by atoms with van der Waals surface area (Å²) >= 11 is 0. The van der Waals surface area contributed by atoms with Gasteiger partial charge in [0.2, 0.25) is 0 Å². The third-order valence-corrected chi connectivity index (χ3v) is 0.399. The largest absolute Gasteiger partial charge is 0.338 e. The van der Waals surface area contributed by atoms with Gasteiger partial charge in [-0.05, 0) is 0 Å². The highest BCUT2D eigenvalue weighted by atomic mass is 19.2. The Bertz CT molecular complexity index is 40.5. The fraction of sp³-hybridized carbons (Fsp3) is 1.00. The van der Waals surface area contributed by atoms with Gasteiger partial charge in [0.1, 0.15) is 0 Å². The summed E-state index contributed by atoms with van der Waals surface area (Å²) in [5.41, 5.74) is 4.65. The van der Waals surface area contributed by atoms with Gasteiger partial charge in [0.05, 0.1) is 0 Å². The van der Waals surface area contributed by atoms with Crippen molar-refractivity contribution in [1.29, 1.82) is 0 Å². The summed E-state index contributed by atoms with van der Waals surface area (Å²) in [5, 5.41) is 0. The van der Waals surface area contributed by atoms with Gasteiger partial charge in [-0.3, -0.25) is 5.73 Å². The molecule has 0 saturated carbocycles. The molecular formula is C3H8FNO. The van der Waals surface area contributed by atoms with E-state index in [-0.39, 0.29) is 0 Å². The van der Waals surface area contributed by atoms with Crippen molar-refractivity contribution in [3.8, 4) is 0 Å². The summed E-state index contributed by atoms with van der Waals surface area (Å²) in [5.74, 6) is -1.96. The third kappa shape index (κ3) is 3.85. The first-order valence-corrected chi connectivity index (χ1v) is 1.59. The molecule has 0 aliphatic rings. The van der Waals surface area contributed by atoms with E-state index in [9.17, 15) is 4.39 Å². The standard InChI is InChI=1S/C3H8FNO/c1-3(4,5)6-2/h5H2,1-2H3. The van der Waals surface area contributed by atoms with E-state index in [1.165, 1.54) is 7.11 Å². The van der Waals surface area contributed by atoms with Crippen molar-refractivity contribution < 1.29 is 9.13 Å². The van der Waals surface area contributed by atoms with Crippen LogP contribution in [-0.4, -0.2) is 13.1 Å². The Morgan fingerprint density at radius 2 is 2.00 bits per heavy atom. The van der Waals surface area contributed by atoms with Gasteiger partial charge in [-0.2, -0.15) is 4.39 Å². The van der Waals surface area contributed by atoms with Gasteiger partial charge < -0.3 is 4.74 Å². The molecule has 0 amide bonds. The Labute approximate surface area is 36.1 Å². The van der Waals surface area contributed by atoms with Crippen LogP contribution in [0.2, 0.25) is 0 Å². The topological polar surface area (TPSA) is 35.2 Å². The van der Waals surface area contributed by atoms with Gasteiger partial charge >= 0.3 is 0 Å². The van der Waals surface area contributed by atoms with Gasteiger partial charge in [0.25, 0.3) is 5.98 Å². The molecule has 6 heavy (non-hydrogen) atoms. The predicted molar refractivity (Wildman–Crippen MR) is 20.7 cm³/mol. The minimum atomic E-state index is -1.96. The molecule has 0 bridgehead atoms. The smallest absolute Gasteiger partial charge is 0.260 e. The van der Waals surface area contributed by atoms with E-state index >= 15 is 0 Å². The normalized spacial score (nSPS) is 20.0. The SMILES string of the molecule is COC(C)(N)F. The number of alkyl halides is 1. The average Bonchev–Trinajstić information content (AvgIpc) is 1.35. The summed E-state index contributed by atoms with van der Waals surface area (Å²) in [6.45, 7) is 1.13. The van der Waals surface area contributed by atoms with E-state index in [4.69, 9.17) is 0 Å². The van der Waals surface area contributed by atoms with Gasteiger partial charge in [-0.25, -0.2) is 0 Å². The van der Waals surface area contributed by atoms with Crippen molar-refractivity contribution in [2.24, 2.45) is 5.73 Å². The summed E-state index contributed by atoms with van der Waals surface area (Å²) in [6.07, 6.45) is 0. The van der Waals surface area contributed by atoms with E-state index in [1.54, 1.807) is 0 Å². The lowest BCUT2D eigenvalue weighted by atomic mass is 10.6. The molecule has 0 spiro atoms. The molecule has 0 aromatic heterocycles. The Kier molecular flexibility index (Phi) is 1.49. The molecule has 2 N–H and O–H groups in total. The summed E-state index contributed by atoms with van der Waals surface area (Å²) < 4.78 is 15.7. The maximum absolute atomic E-state index is 11.7. The molecule has 0 rings (SSSR count). The maximum Gasteiger partial charge on any atom is 0.260 e. The van der Waals surface area contributed by atoms with Crippen LogP contribution in [0.3, 0.4) is 0 Å². The van der Waals surface area contributed by atoms with Gasteiger partial charge in [0.15, 0.2) is 0 Å². The van der Waals surface area contributed by atoms with Crippen molar-refractivity contribution in [2.45, 2.75) is 12.9 Å². The van der Waals surface area contributed by atoms with Gasteiger partial charge in [-0.1, -0.05) is 0 Å². The first kappa shape index (κ1) is 5.85. The predicted octanol–water partition coefficient (Wildman–Crippen LogP) is 0.235. The molecule has 2 nitrogen and oxygen atoms in total. The van der Waals surface area contributed by atoms with Crippen LogP contribution in [0, 0.1) is 0 Å². The van der Waals surface area contributed by atoms with Crippen LogP contribution in [0.15, 0.2) is 0 Å². The zero-order valence-corrected chi connectivity index (χ0v) is 3.86. The van der Waals surface area contributed by atoms with Crippen molar-refractivity contribution in [3.05, 3.63) is 0 Å². The van der Waals surface area contributed by atoms with Crippen molar-refractivity contribution in [1.82, 2.24) is 0 Å². The lowest BCUT2D eigenvalue weighted by Crippen LogP contribution is -2.31. The first-order valence-electron chi connectivity index (χ1n) is 1.59. The molecule has 0 fully saturated rings. The second-order valence-corrected chi connectivity index (χ2v) is 1.19. The van der Waals surface area contributed by atoms with Crippen LogP contribution < -0.4 is 5.73 Å². The lowest BCUT2D eigenvalue weighted by Gasteiger charge is -2.08. The van der Waals surface area contributed by atoms with Crippen molar-refractivity contribution in [3.63, 3.8) is 0 Å². The summed E-state index contributed by atoms with van der Waals surface area (Å²) in [7, 11) is 1.21. The fourth-order valence-corrected chi connectivity index (χ4v) is 0. The summed E-state index contributed by atoms with van der Waals surface area (Å²) in [4.78, 5) is 0. The second kappa shape index (κ2) is 1.53. The lowest BCUT2D eigenvalue weighted by molar-refractivity contribution is -0.0994. The molecule has 38 valence electrons. The van der Waals surface area contributed by atoms with Crippen molar-refractivity contribution >= 4 is 0 Å². The number of nitrogens with two attached hydrogens (primary N) is 1. The Balaban J connectivity index is 3.17. The fourth-order valence-electron chi connectivity index (χ4n) is 0. The van der Waals surface area contributed by atoms with E-state index < -0.39 is 5.98 Å². The molecule has 1 atom stereocenters. The quantitative estimate of drug-likeness (QED) is 0.372. The molecule has 0 heterocycles. The van der Waals surface area contributed by atoms with Crippen LogP contribution in [0.1, 0.15) is 6.92 Å². The third-order valence-electron chi connectivity index (χ3n) is 0.399. The monoisotopic (exact) mass is 93.1 g/mol. The van der Waals surface area contributed by atoms with Crippen LogP contribution in [0.5, 0.6) is 0 Å². The van der Waals surface area contributed by atoms with E-state index in [0.717, 1.165) is 6.92 Å². The maximum atomic E-state index is 11.7. The first-order chi connectivity index (χ1) is 2.56. The molecule has 0 aliphatic heterocycles. The van der Waals surface area contributed by atoms with Crippen LogP contribution in [0.25, 0.3) is 0 Å². The Hall–Kier alpha value is -0.150. The molecule has 0 radical (unpaired) electrons. The van der Waals surface area contributed by atoms with Gasteiger partial charge in [-0.15, -0.1) is 0 Å². The highest BCUT2D eigenvalue weighted by Gasteiger charge is 2.11.